The summed E-state index contributed by atoms with van der Waals surface area (Å²) in [6, 6.07) is 2.30. The van der Waals surface area contributed by atoms with Crippen molar-refractivity contribution in [3.05, 3.63) is 18.5 Å². The SMILES string of the molecule is CC1CCCN(C(C)CN=C(N)N2CCN(c3ncccn3)CC2)C1. The Morgan fingerprint density at radius 2 is 1.96 bits per heavy atom. The quantitative estimate of drug-likeness (QED) is 0.649. The molecule has 3 rings (SSSR count). The van der Waals surface area contributed by atoms with Crippen molar-refractivity contribution in [2.75, 3.05) is 50.7 Å². The van der Waals surface area contributed by atoms with Gasteiger partial charge < -0.3 is 15.5 Å². The molecule has 0 aliphatic carbocycles. The molecule has 138 valence electrons. The molecule has 1 aromatic rings. The molecule has 2 unspecified atom stereocenters. The summed E-state index contributed by atoms with van der Waals surface area (Å²) in [5, 5.41) is 0. The lowest BCUT2D eigenvalue weighted by atomic mass is 9.99. The van der Waals surface area contributed by atoms with Gasteiger partial charge in [0.15, 0.2) is 5.96 Å². The smallest absolute Gasteiger partial charge is 0.225 e. The number of guanidine groups is 1. The van der Waals surface area contributed by atoms with Crippen LogP contribution in [0.5, 0.6) is 0 Å². The van der Waals surface area contributed by atoms with Crippen LogP contribution in [-0.2, 0) is 0 Å². The second-order valence-corrected chi connectivity index (χ2v) is 7.31. The summed E-state index contributed by atoms with van der Waals surface area (Å²) in [6.45, 7) is 11.2. The third-order valence-electron chi connectivity index (χ3n) is 5.27. The highest BCUT2D eigenvalue weighted by Crippen LogP contribution is 2.17. The van der Waals surface area contributed by atoms with Gasteiger partial charge in [-0.1, -0.05) is 6.92 Å². The molecule has 2 saturated heterocycles. The fraction of sp³-hybridized carbons (Fsp3) is 0.722. The number of hydrogen-bond acceptors (Lipinski definition) is 5. The molecule has 2 N–H and O–H groups in total. The molecule has 7 nitrogen and oxygen atoms in total. The van der Waals surface area contributed by atoms with Gasteiger partial charge in [0.2, 0.25) is 5.95 Å². The Bertz CT molecular complexity index is 554. The zero-order valence-corrected chi connectivity index (χ0v) is 15.5. The van der Waals surface area contributed by atoms with E-state index < -0.39 is 0 Å². The number of hydrogen-bond donors (Lipinski definition) is 1. The van der Waals surface area contributed by atoms with E-state index in [4.69, 9.17) is 5.73 Å². The number of rotatable bonds is 4. The van der Waals surface area contributed by atoms with E-state index in [9.17, 15) is 0 Å². The number of likely N-dealkylation sites (tertiary alicyclic amines) is 1. The fourth-order valence-electron chi connectivity index (χ4n) is 3.66. The highest BCUT2D eigenvalue weighted by Gasteiger charge is 2.22. The zero-order valence-electron chi connectivity index (χ0n) is 15.5. The monoisotopic (exact) mass is 345 g/mol. The maximum Gasteiger partial charge on any atom is 0.225 e. The summed E-state index contributed by atoms with van der Waals surface area (Å²) in [5.74, 6) is 2.27. The number of piperidine rings is 1. The van der Waals surface area contributed by atoms with E-state index in [2.05, 4.69) is 43.5 Å². The van der Waals surface area contributed by atoms with Crippen LogP contribution in [0.4, 0.5) is 5.95 Å². The maximum atomic E-state index is 6.25. The van der Waals surface area contributed by atoms with Gasteiger partial charge in [-0.05, 0) is 38.3 Å². The minimum atomic E-state index is 0.459. The third kappa shape index (κ3) is 4.81. The van der Waals surface area contributed by atoms with Gasteiger partial charge in [0, 0.05) is 51.2 Å². The van der Waals surface area contributed by atoms with E-state index in [1.54, 1.807) is 12.4 Å². The van der Waals surface area contributed by atoms with Gasteiger partial charge in [-0.25, -0.2) is 9.97 Å². The molecule has 1 aromatic heterocycles. The van der Waals surface area contributed by atoms with Crippen molar-refractivity contribution < 1.29 is 0 Å². The number of aromatic nitrogens is 2. The molecule has 0 aromatic carbocycles. The molecule has 0 spiro atoms. The first-order chi connectivity index (χ1) is 12.1. The van der Waals surface area contributed by atoms with Crippen molar-refractivity contribution in [1.29, 1.82) is 0 Å². The maximum absolute atomic E-state index is 6.25. The molecule has 0 radical (unpaired) electrons. The summed E-state index contributed by atoms with van der Waals surface area (Å²) in [7, 11) is 0. The third-order valence-corrected chi connectivity index (χ3v) is 5.27. The molecule has 0 bridgehead atoms. The van der Waals surface area contributed by atoms with Gasteiger partial charge >= 0.3 is 0 Å². The highest BCUT2D eigenvalue weighted by molar-refractivity contribution is 5.78. The first-order valence-corrected chi connectivity index (χ1v) is 9.44. The predicted molar refractivity (Wildman–Crippen MR) is 102 cm³/mol. The van der Waals surface area contributed by atoms with Gasteiger partial charge in [-0.3, -0.25) is 9.89 Å². The topological polar surface area (TPSA) is 73.9 Å². The summed E-state index contributed by atoms with van der Waals surface area (Å²) in [5.41, 5.74) is 6.25. The van der Waals surface area contributed by atoms with Gasteiger partial charge in [-0.2, -0.15) is 0 Å². The lowest BCUT2D eigenvalue weighted by Gasteiger charge is -2.36. The number of nitrogens with zero attached hydrogens (tertiary/aromatic N) is 6. The first-order valence-electron chi connectivity index (χ1n) is 9.44. The fourth-order valence-corrected chi connectivity index (χ4v) is 3.66. The standard InChI is InChI=1S/C18H31N7/c1-15-5-3-8-25(14-15)16(2)13-22-17(19)23-9-11-24(12-10-23)18-20-6-4-7-21-18/h4,6-7,15-16H,3,5,8-14H2,1-2H3,(H2,19,22). The molecule has 3 heterocycles. The summed E-state index contributed by atoms with van der Waals surface area (Å²) < 4.78 is 0. The molecular formula is C18H31N7. The molecule has 2 aliphatic rings. The molecule has 25 heavy (non-hydrogen) atoms. The van der Waals surface area contributed by atoms with Crippen LogP contribution in [-0.4, -0.2) is 77.6 Å². The normalized spacial score (nSPS) is 24.4. The molecule has 0 saturated carbocycles. The number of aliphatic imine (C=N–C) groups is 1. The van der Waals surface area contributed by atoms with Crippen LogP contribution in [0, 0.1) is 5.92 Å². The van der Waals surface area contributed by atoms with Crippen molar-refractivity contribution in [1.82, 2.24) is 19.8 Å². The van der Waals surface area contributed by atoms with E-state index in [1.807, 2.05) is 6.07 Å². The van der Waals surface area contributed by atoms with E-state index in [0.29, 0.717) is 12.0 Å². The van der Waals surface area contributed by atoms with Crippen LogP contribution in [0.1, 0.15) is 26.7 Å². The van der Waals surface area contributed by atoms with Crippen molar-refractivity contribution in [2.24, 2.45) is 16.6 Å². The van der Waals surface area contributed by atoms with Crippen molar-refractivity contribution in [2.45, 2.75) is 32.7 Å². The lowest BCUT2D eigenvalue weighted by molar-refractivity contribution is 0.142. The average molecular weight is 345 g/mol. The van der Waals surface area contributed by atoms with Crippen LogP contribution in [0.15, 0.2) is 23.5 Å². The van der Waals surface area contributed by atoms with E-state index >= 15 is 0 Å². The van der Waals surface area contributed by atoms with Crippen LogP contribution < -0.4 is 10.6 Å². The van der Waals surface area contributed by atoms with Gasteiger partial charge in [0.25, 0.3) is 0 Å². The minimum absolute atomic E-state index is 0.459. The summed E-state index contributed by atoms with van der Waals surface area (Å²) in [4.78, 5) is 20.2. The van der Waals surface area contributed by atoms with Crippen molar-refractivity contribution >= 4 is 11.9 Å². The van der Waals surface area contributed by atoms with Crippen LogP contribution in [0.25, 0.3) is 0 Å². The van der Waals surface area contributed by atoms with Crippen LogP contribution in [0.2, 0.25) is 0 Å². The van der Waals surface area contributed by atoms with Crippen molar-refractivity contribution in [3.8, 4) is 0 Å². The van der Waals surface area contributed by atoms with Gasteiger partial charge in [0.1, 0.15) is 0 Å². The molecule has 7 heteroatoms. The van der Waals surface area contributed by atoms with E-state index in [0.717, 1.165) is 44.6 Å². The van der Waals surface area contributed by atoms with E-state index in [-0.39, 0.29) is 0 Å². The van der Waals surface area contributed by atoms with Gasteiger partial charge in [-0.15, -0.1) is 0 Å². The Labute approximate surface area is 150 Å². The zero-order chi connectivity index (χ0) is 17.6. The lowest BCUT2D eigenvalue weighted by Crippen LogP contribution is -2.52. The molecule has 2 fully saturated rings. The van der Waals surface area contributed by atoms with Gasteiger partial charge in [0.05, 0.1) is 6.54 Å². The van der Waals surface area contributed by atoms with Crippen LogP contribution in [0.3, 0.4) is 0 Å². The minimum Gasteiger partial charge on any atom is -0.370 e. The number of nitrogens with two attached hydrogens (primary N) is 1. The molecule has 0 amide bonds. The van der Waals surface area contributed by atoms with Crippen molar-refractivity contribution in [3.63, 3.8) is 0 Å². The number of anilines is 1. The highest BCUT2D eigenvalue weighted by atomic mass is 15.4. The Morgan fingerprint density at radius 1 is 1.24 bits per heavy atom. The largest absolute Gasteiger partial charge is 0.370 e. The summed E-state index contributed by atoms with van der Waals surface area (Å²) in [6.07, 6.45) is 6.22. The summed E-state index contributed by atoms with van der Waals surface area (Å²) >= 11 is 0. The first kappa shape index (κ1) is 17.9. The van der Waals surface area contributed by atoms with E-state index in [1.165, 1.54) is 25.9 Å². The average Bonchev–Trinajstić information content (AvgIpc) is 2.66. The molecular weight excluding hydrogens is 314 g/mol. The second kappa shape index (κ2) is 8.47. The number of piperazine rings is 1. The Kier molecular flexibility index (Phi) is 6.07. The second-order valence-electron chi connectivity index (χ2n) is 7.31. The molecule has 2 aliphatic heterocycles. The molecule has 2 atom stereocenters. The van der Waals surface area contributed by atoms with Crippen LogP contribution >= 0.6 is 0 Å². The Balaban J connectivity index is 1.47. The predicted octanol–water partition coefficient (Wildman–Crippen LogP) is 1.03. The Hall–Kier alpha value is -1.89. The Morgan fingerprint density at radius 3 is 2.64 bits per heavy atom.